The second-order valence-electron chi connectivity index (χ2n) is 4.32. The van der Waals surface area contributed by atoms with Crippen LogP contribution in [0.25, 0.3) is 11.5 Å². The van der Waals surface area contributed by atoms with E-state index in [1.54, 1.807) is 6.07 Å². The smallest absolute Gasteiger partial charge is 0.259 e. The first-order chi connectivity index (χ1) is 10.1. The molecule has 0 aliphatic rings. The average molecular weight is 306 g/mol. The van der Waals surface area contributed by atoms with Crippen LogP contribution in [0.2, 0.25) is 5.02 Å². The largest absolute Gasteiger partial charge is 0.506 e. The minimum atomic E-state index is -0.423. The van der Waals surface area contributed by atoms with Crippen molar-refractivity contribution in [3.05, 3.63) is 58.9 Å². The highest BCUT2D eigenvalue weighted by Gasteiger charge is 2.14. The molecule has 2 aromatic heterocycles. The summed E-state index contributed by atoms with van der Waals surface area (Å²) in [5.74, 6) is 0.0541. The predicted octanol–water partition coefficient (Wildman–Crippen LogP) is 3.22. The van der Waals surface area contributed by atoms with Crippen molar-refractivity contribution in [3.8, 4) is 17.2 Å². The van der Waals surface area contributed by atoms with Crippen LogP contribution in [-0.4, -0.2) is 20.2 Å². The fourth-order valence-electron chi connectivity index (χ4n) is 1.85. The van der Waals surface area contributed by atoms with E-state index in [2.05, 4.69) is 15.1 Å². The lowest BCUT2D eigenvalue weighted by molar-refractivity contribution is 0.422. The monoisotopic (exact) mass is 305 g/mol. The van der Waals surface area contributed by atoms with Gasteiger partial charge in [-0.25, -0.2) is 4.39 Å². The van der Waals surface area contributed by atoms with Crippen LogP contribution in [0.5, 0.6) is 5.75 Å². The van der Waals surface area contributed by atoms with Crippen LogP contribution in [0.4, 0.5) is 4.39 Å². The molecule has 0 aliphatic heterocycles. The number of rotatable bonds is 3. The van der Waals surface area contributed by atoms with Gasteiger partial charge in [-0.3, -0.25) is 4.98 Å². The van der Waals surface area contributed by atoms with E-state index >= 15 is 0 Å². The molecule has 0 spiro atoms. The van der Waals surface area contributed by atoms with Crippen molar-refractivity contribution in [2.75, 3.05) is 0 Å². The first-order valence-corrected chi connectivity index (χ1v) is 6.41. The Morgan fingerprint density at radius 3 is 2.90 bits per heavy atom. The van der Waals surface area contributed by atoms with Crippen molar-refractivity contribution in [1.29, 1.82) is 0 Å². The SMILES string of the molecule is Oc1cncc(-c2nc(Cc3c(F)cccc3Cl)no2)c1. The number of nitrogens with zero attached hydrogens (tertiary/aromatic N) is 3. The molecule has 0 amide bonds. The Morgan fingerprint density at radius 1 is 1.29 bits per heavy atom. The molecule has 0 radical (unpaired) electrons. The van der Waals surface area contributed by atoms with E-state index in [-0.39, 0.29) is 18.1 Å². The first kappa shape index (κ1) is 13.5. The summed E-state index contributed by atoms with van der Waals surface area (Å²) >= 11 is 5.95. The van der Waals surface area contributed by atoms with Crippen LogP contribution in [-0.2, 0) is 6.42 Å². The van der Waals surface area contributed by atoms with Crippen LogP contribution in [0.15, 0.2) is 41.2 Å². The lowest BCUT2D eigenvalue weighted by Gasteiger charge is -2.01. The lowest BCUT2D eigenvalue weighted by atomic mass is 10.1. The number of hydrogen-bond donors (Lipinski definition) is 1. The molecular weight excluding hydrogens is 297 g/mol. The molecule has 0 saturated carbocycles. The highest BCUT2D eigenvalue weighted by Crippen LogP contribution is 2.24. The van der Waals surface area contributed by atoms with Gasteiger partial charge >= 0.3 is 0 Å². The Balaban J connectivity index is 1.89. The third-order valence-electron chi connectivity index (χ3n) is 2.84. The highest BCUT2D eigenvalue weighted by atomic mass is 35.5. The Labute approximate surface area is 124 Å². The topological polar surface area (TPSA) is 72.0 Å². The maximum atomic E-state index is 13.7. The van der Waals surface area contributed by atoms with Gasteiger partial charge < -0.3 is 9.63 Å². The minimum Gasteiger partial charge on any atom is -0.506 e. The molecule has 0 fully saturated rings. The summed E-state index contributed by atoms with van der Waals surface area (Å²) in [5, 5.41) is 13.5. The molecule has 106 valence electrons. The van der Waals surface area contributed by atoms with Gasteiger partial charge in [0.1, 0.15) is 11.6 Å². The summed E-state index contributed by atoms with van der Waals surface area (Å²) in [4.78, 5) is 7.97. The molecule has 2 heterocycles. The fraction of sp³-hybridized carbons (Fsp3) is 0.0714. The summed E-state index contributed by atoms with van der Waals surface area (Å²) in [6.45, 7) is 0. The quantitative estimate of drug-likeness (QED) is 0.804. The number of benzene rings is 1. The van der Waals surface area contributed by atoms with Crippen molar-refractivity contribution in [2.24, 2.45) is 0 Å². The van der Waals surface area contributed by atoms with Crippen LogP contribution in [0.1, 0.15) is 11.4 Å². The number of halogens is 2. The maximum Gasteiger partial charge on any atom is 0.259 e. The predicted molar refractivity (Wildman–Crippen MR) is 73.4 cm³/mol. The van der Waals surface area contributed by atoms with Crippen LogP contribution in [0, 0.1) is 5.82 Å². The third kappa shape index (κ3) is 2.85. The molecule has 7 heteroatoms. The summed E-state index contributed by atoms with van der Waals surface area (Å²) in [6.07, 6.45) is 2.88. The normalized spacial score (nSPS) is 10.8. The van der Waals surface area contributed by atoms with Gasteiger partial charge in [0, 0.05) is 23.2 Å². The van der Waals surface area contributed by atoms with Gasteiger partial charge in [0.05, 0.1) is 11.8 Å². The van der Waals surface area contributed by atoms with Gasteiger partial charge in [-0.2, -0.15) is 4.98 Å². The molecule has 3 rings (SSSR count). The molecule has 3 aromatic rings. The second kappa shape index (κ2) is 5.49. The molecule has 1 N–H and O–H groups in total. The Kier molecular flexibility index (Phi) is 3.53. The van der Waals surface area contributed by atoms with E-state index in [1.807, 2.05) is 0 Å². The summed E-state index contributed by atoms with van der Waals surface area (Å²) in [6, 6.07) is 5.89. The molecule has 0 bridgehead atoms. The van der Waals surface area contributed by atoms with Crippen molar-refractivity contribution in [1.82, 2.24) is 15.1 Å². The number of hydrogen-bond acceptors (Lipinski definition) is 5. The molecule has 0 atom stereocenters. The number of pyridine rings is 1. The maximum absolute atomic E-state index is 13.7. The Hall–Kier alpha value is -2.47. The van der Waals surface area contributed by atoms with Crippen molar-refractivity contribution in [3.63, 3.8) is 0 Å². The number of aromatic hydroxyl groups is 1. The highest BCUT2D eigenvalue weighted by molar-refractivity contribution is 6.31. The van der Waals surface area contributed by atoms with E-state index in [9.17, 15) is 9.50 Å². The Bertz CT molecular complexity index is 771. The van der Waals surface area contributed by atoms with Crippen LogP contribution >= 0.6 is 11.6 Å². The zero-order valence-electron chi connectivity index (χ0n) is 10.6. The number of aromatic nitrogens is 3. The first-order valence-electron chi connectivity index (χ1n) is 6.03. The fourth-order valence-corrected chi connectivity index (χ4v) is 2.08. The molecule has 1 aromatic carbocycles. The van der Waals surface area contributed by atoms with Crippen molar-refractivity contribution < 1.29 is 14.0 Å². The molecule has 0 saturated heterocycles. The minimum absolute atomic E-state index is 0.00982. The van der Waals surface area contributed by atoms with Gasteiger partial charge in [0.25, 0.3) is 5.89 Å². The molecule has 0 aliphatic carbocycles. The van der Waals surface area contributed by atoms with Gasteiger partial charge in [0.2, 0.25) is 0 Å². The molecular formula is C14H9ClFN3O2. The van der Waals surface area contributed by atoms with Gasteiger partial charge in [-0.1, -0.05) is 22.8 Å². The summed E-state index contributed by atoms with van der Waals surface area (Å²) < 4.78 is 18.8. The van der Waals surface area contributed by atoms with E-state index < -0.39 is 5.82 Å². The molecule has 5 nitrogen and oxygen atoms in total. The Morgan fingerprint density at radius 2 is 2.14 bits per heavy atom. The van der Waals surface area contributed by atoms with Gasteiger partial charge in [0.15, 0.2) is 5.82 Å². The molecule has 0 unspecified atom stereocenters. The van der Waals surface area contributed by atoms with Crippen molar-refractivity contribution >= 4 is 11.6 Å². The summed E-state index contributed by atoms with van der Waals surface area (Å²) in [7, 11) is 0. The zero-order chi connectivity index (χ0) is 14.8. The summed E-state index contributed by atoms with van der Waals surface area (Å²) in [5.41, 5.74) is 0.786. The zero-order valence-corrected chi connectivity index (χ0v) is 11.4. The third-order valence-corrected chi connectivity index (χ3v) is 3.19. The lowest BCUT2D eigenvalue weighted by Crippen LogP contribution is -1.96. The van der Waals surface area contributed by atoms with Gasteiger partial charge in [-0.05, 0) is 18.2 Å². The van der Waals surface area contributed by atoms with E-state index in [0.29, 0.717) is 22.0 Å². The van der Waals surface area contributed by atoms with Crippen LogP contribution < -0.4 is 0 Å². The van der Waals surface area contributed by atoms with E-state index in [4.69, 9.17) is 16.1 Å². The second-order valence-corrected chi connectivity index (χ2v) is 4.73. The van der Waals surface area contributed by atoms with Crippen LogP contribution in [0.3, 0.4) is 0 Å². The van der Waals surface area contributed by atoms with Crippen molar-refractivity contribution in [2.45, 2.75) is 6.42 Å². The molecule has 21 heavy (non-hydrogen) atoms. The average Bonchev–Trinajstić information content (AvgIpc) is 2.92. The standard InChI is InChI=1S/C14H9ClFN3O2/c15-11-2-1-3-12(16)10(11)5-13-18-14(21-19-13)8-4-9(20)7-17-6-8/h1-4,6-7,20H,5H2. The van der Waals surface area contributed by atoms with E-state index in [1.165, 1.54) is 30.6 Å². The van der Waals surface area contributed by atoms with E-state index in [0.717, 1.165) is 0 Å². The van der Waals surface area contributed by atoms with Gasteiger partial charge in [-0.15, -0.1) is 0 Å².